The fourth-order valence-electron chi connectivity index (χ4n) is 2.74. The minimum absolute atomic E-state index is 0.347. The number of hydrogen-bond acceptors (Lipinski definition) is 5. The molecule has 2 rings (SSSR count). The maximum absolute atomic E-state index is 12.6. The number of urea groups is 1. The van der Waals surface area contributed by atoms with Gasteiger partial charge in [-0.15, -0.1) is 0 Å². The molecule has 26 heavy (non-hydrogen) atoms. The van der Waals surface area contributed by atoms with Gasteiger partial charge in [-0.05, 0) is 38.0 Å². The average molecular weight is 362 g/mol. The average Bonchev–Trinajstić information content (AvgIpc) is 2.61. The molecule has 142 valence electrons. The normalized spacial score (nSPS) is 16.6. The van der Waals surface area contributed by atoms with Crippen molar-refractivity contribution in [3.63, 3.8) is 0 Å². The molecule has 0 fully saturated rings. The van der Waals surface area contributed by atoms with E-state index in [9.17, 15) is 9.59 Å². The number of nitrogens with one attached hydrogen (secondary N) is 2. The molecule has 0 bridgehead atoms. The van der Waals surface area contributed by atoms with Crippen molar-refractivity contribution in [1.82, 2.24) is 10.6 Å². The summed E-state index contributed by atoms with van der Waals surface area (Å²) in [5, 5.41) is 5.42. The molecule has 1 aromatic carbocycles. The van der Waals surface area contributed by atoms with Crippen LogP contribution in [0.2, 0.25) is 0 Å². The monoisotopic (exact) mass is 362 g/mol. The number of amides is 2. The van der Waals surface area contributed by atoms with Crippen LogP contribution in [0.1, 0.15) is 45.2 Å². The molecule has 1 atom stereocenters. The number of esters is 1. The van der Waals surface area contributed by atoms with E-state index in [2.05, 4.69) is 10.6 Å². The zero-order valence-electron chi connectivity index (χ0n) is 15.7. The zero-order chi connectivity index (χ0) is 19.1. The minimum atomic E-state index is -0.623. The van der Waals surface area contributed by atoms with E-state index >= 15 is 0 Å². The number of rotatable bonds is 8. The topological polar surface area (TPSA) is 85.9 Å². The molecule has 0 spiro atoms. The summed E-state index contributed by atoms with van der Waals surface area (Å²) < 4.78 is 16.3. The van der Waals surface area contributed by atoms with Gasteiger partial charge in [-0.3, -0.25) is 0 Å². The van der Waals surface area contributed by atoms with Gasteiger partial charge in [0.05, 0.1) is 31.9 Å². The summed E-state index contributed by atoms with van der Waals surface area (Å²) in [7, 11) is 1.55. The van der Waals surface area contributed by atoms with Crippen molar-refractivity contribution in [2.75, 3.05) is 20.3 Å². The van der Waals surface area contributed by atoms with Crippen molar-refractivity contribution in [3.8, 4) is 11.5 Å². The number of ether oxygens (including phenoxy) is 3. The molecular formula is C19H26N2O5. The van der Waals surface area contributed by atoms with Crippen LogP contribution in [-0.2, 0) is 9.53 Å². The van der Waals surface area contributed by atoms with Gasteiger partial charge in [0.25, 0.3) is 0 Å². The van der Waals surface area contributed by atoms with E-state index in [4.69, 9.17) is 14.2 Å². The van der Waals surface area contributed by atoms with Gasteiger partial charge in [-0.1, -0.05) is 19.4 Å². The molecular weight excluding hydrogens is 336 g/mol. The molecule has 1 heterocycles. The van der Waals surface area contributed by atoms with Gasteiger partial charge in [-0.2, -0.15) is 0 Å². The number of methoxy groups -OCH3 is 1. The van der Waals surface area contributed by atoms with Crippen LogP contribution in [0.5, 0.6) is 11.5 Å². The summed E-state index contributed by atoms with van der Waals surface area (Å²) in [6.45, 7) is 6.45. The predicted molar refractivity (Wildman–Crippen MR) is 97.1 cm³/mol. The highest BCUT2D eigenvalue weighted by atomic mass is 16.5. The number of hydrogen-bond donors (Lipinski definition) is 2. The molecule has 7 heteroatoms. The molecule has 0 radical (unpaired) electrons. The third-order valence-electron chi connectivity index (χ3n) is 4.04. The van der Waals surface area contributed by atoms with Gasteiger partial charge in [0.1, 0.15) is 0 Å². The Bertz CT molecular complexity index is 699. The largest absolute Gasteiger partial charge is 0.493 e. The van der Waals surface area contributed by atoms with Gasteiger partial charge < -0.3 is 24.8 Å². The van der Waals surface area contributed by atoms with Crippen molar-refractivity contribution in [1.29, 1.82) is 0 Å². The highest BCUT2D eigenvalue weighted by Gasteiger charge is 2.32. The first kappa shape index (κ1) is 19.6. The van der Waals surface area contributed by atoms with E-state index in [1.807, 2.05) is 13.8 Å². The summed E-state index contributed by atoms with van der Waals surface area (Å²) in [6, 6.07) is 4.33. The van der Waals surface area contributed by atoms with E-state index in [1.54, 1.807) is 32.2 Å². The van der Waals surface area contributed by atoms with Gasteiger partial charge >= 0.3 is 12.0 Å². The summed E-state index contributed by atoms with van der Waals surface area (Å²) in [5.41, 5.74) is 1.57. The summed E-state index contributed by atoms with van der Waals surface area (Å²) in [4.78, 5) is 24.5. The van der Waals surface area contributed by atoms with Crippen LogP contribution in [0.25, 0.3) is 0 Å². The third kappa shape index (κ3) is 4.47. The van der Waals surface area contributed by atoms with E-state index in [1.165, 1.54) is 0 Å². The highest BCUT2D eigenvalue weighted by molar-refractivity contribution is 5.95. The Morgan fingerprint density at radius 2 is 2.00 bits per heavy atom. The molecule has 2 amide bonds. The predicted octanol–water partition coefficient (Wildman–Crippen LogP) is 3.07. The molecule has 0 aliphatic carbocycles. The number of carbonyl (C=O) groups excluding carboxylic acids is 2. The second kappa shape index (κ2) is 9.12. The van der Waals surface area contributed by atoms with Crippen molar-refractivity contribution < 1.29 is 23.8 Å². The van der Waals surface area contributed by atoms with Crippen LogP contribution < -0.4 is 20.1 Å². The van der Waals surface area contributed by atoms with Crippen LogP contribution in [0.4, 0.5) is 4.79 Å². The molecule has 2 N–H and O–H groups in total. The summed E-state index contributed by atoms with van der Waals surface area (Å²) in [5.74, 6) is 0.696. The number of carbonyl (C=O) groups is 2. The van der Waals surface area contributed by atoms with E-state index in [-0.39, 0.29) is 6.03 Å². The first-order chi connectivity index (χ1) is 12.5. The third-order valence-corrected chi connectivity index (χ3v) is 4.04. The molecule has 7 nitrogen and oxygen atoms in total. The van der Waals surface area contributed by atoms with Crippen molar-refractivity contribution in [2.45, 2.75) is 39.7 Å². The molecule has 0 saturated heterocycles. The molecule has 0 saturated carbocycles. The van der Waals surface area contributed by atoms with Crippen molar-refractivity contribution in [3.05, 3.63) is 35.0 Å². The van der Waals surface area contributed by atoms with Gasteiger partial charge in [-0.25, -0.2) is 9.59 Å². The Morgan fingerprint density at radius 3 is 2.65 bits per heavy atom. The Labute approximate surface area is 153 Å². The van der Waals surface area contributed by atoms with Gasteiger partial charge in [0.2, 0.25) is 0 Å². The minimum Gasteiger partial charge on any atom is -0.493 e. The molecule has 1 aliphatic heterocycles. The number of benzene rings is 1. The van der Waals surface area contributed by atoms with Crippen molar-refractivity contribution >= 4 is 12.0 Å². The number of allylic oxidation sites excluding steroid dienone is 1. The van der Waals surface area contributed by atoms with E-state index < -0.39 is 12.0 Å². The summed E-state index contributed by atoms with van der Waals surface area (Å²) >= 11 is 0. The second-order valence-corrected chi connectivity index (χ2v) is 5.90. The van der Waals surface area contributed by atoms with Gasteiger partial charge in [0, 0.05) is 5.70 Å². The maximum Gasteiger partial charge on any atom is 0.338 e. The Morgan fingerprint density at radius 1 is 1.23 bits per heavy atom. The Hall–Kier alpha value is -2.70. The molecule has 1 aliphatic rings. The van der Waals surface area contributed by atoms with Crippen LogP contribution in [0, 0.1) is 0 Å². The highest BCUT2D eigenvalue weighted by Crippen LogP contribution is 2.34. The Kier molecular flexibility index (Phi) is 6.89. The SMILES string of the molecule is CCCCOC(=O)C1=C(C)NC(=O)NC1c1ccc(OCC)c(OC)c1. The van der Waals surface area contributed by atoms with Crippen LogP contribution in [-0.4, -0.2) is 32.3 Å². The van der Waals surface area contributed by atoms with Crippen LogP contribution in [0.15, 0.2) is 29.5 Å². The lowest BCUT2D eigenvalue weighted by Gasteiger charge is -2.28. The smallest absolute Gasteiger partial charge is 0.338 e. The first-order valence-electron chi connectivity index (χ1n) is 8.77. The van der Waals surface area contributed by atoms with Crippen LogP contribution in [0.3, 0.4) is 0 Å². The molecule has 1 aromatic rings. The maximum atomic E-state index is 12.6. The zero-order valence-corrected chi connectivity index (χ0v) is 15.7. The van der Waals surface area contributed by atoms with E-state index in [0.29, 0.717) is 41.5 Å². The van der Waals surface area contributed by atoms with Crippen molar-refractivity contribution in [2.24, 2.45) is 0 Å². The lowest BCUT2D eigenvalue weighted by Crippen LogP contribution is -2.45. The molecule has 1 unspecified atom stereocenters. The lowest BCUT2D eigenvalue weighted by molar-refractivity contribution is -0.139. The Balaban J connectivity index is 2.36. The van der Waals surface area contributed by atoms with Gasteiger partial charge in [0.15, 0.2) is 11.5 Å². The first-order valence-corrected chi connectivity index (χ1v) is 8.77. The fraction of sp³-hybridized carbons (Fsp3) is 0.474. The molecule has 0 aromatic heterocycles. The van der Waals surface area contributed by atoms with E-state index in [0.717, 1.165) is 12.8 Å². The standard InChI is InChI=1S/C19H26N2O5/c1-5-7-10-26-18(22)16-12(3)20-19(23)21-17(16)13-8-9-14(25-6-2)15(11-13)24-4/h8-9,11,17H,5-7,10H2,1-4H3,(H2,20,21,23). The number of unbranched alkanes of at least 4 members (excludes halogenated alkanes) is 1. The quantitative estimate of drug-likeness (QED) is 0.548. The summed E-state index contributed by atoms with van der Waals surface area (Å²) in [6.07, 6.45) is 1.72. The second-order valence-electron chi connectivity index (χ2n) is 5.90. The fourth-order valence-corrected chi connectivity index (χ4v) is 2.74. The van der Waals surface area contributed by atoms with Crippen LogP contribution >= 0.6 is 0 Å². The lowest BCUT2D eigenvalue weighted by atomic mass is 9.95.